The Morgan fingerprint density at radius 2 is 2.00 bits per heavy atom. The number of amides is 1. The van der Waals surface area contributed by atoms with Crippen LogP contribution in [0.15, 0.2) is 36.4 Å². The van der Waals surface area contributed by atoms with E-state index in [1.54, 1.807) is 19.2 Å². The second-order valence-corrected chi connectivity index (χ2v) is 3.86. The van der Waals surface area contributed by atoms with Crippen LogP contribution in [-0.2, 0) is 16.1 Å². The summed E-state index contributed by atoms with van der Waals surface area (Å²) in [5.41, 5.74) is 0.814. The SMILES string of the molecule is CN(Cc1ccccc1Cl)C(=O)/C=C/C(=O)O. The van der Waals surface area contributed by atoms with Gasteiger partial charge in [-0.15, -0.1) is 0 Å². The van der Waals surface area contributed by atoms with Crippen LogP contribution in [0.25, 0.3) is 0 Å². The molecule has 0 fully saturated rings. The molecule has 4 nitrogen and oxygen atoms in total. The average Bonchev–Trinajstić information content (AvgIpc) is 2.28. The Balaban J connectivity index is 2.67. The van der Waals surface area contributed by atoms with Crippen LogP contribution in [0, 0.1) is 0 Å². The molecule has 1 N–H and O–H groups in total. The maximum atomic E-state index is 11.5. The third-order valence-corrected chi connectivity index (χ3v) is 2.48. The second kappa shape index (κ2) is 6.06. The molecule has 0 spiro atoms. The lowest BCUT2D eigenvalue weighted by Crippen LogP contribution is -2.24. The molecule has 5 heteroatoms. The van der Waals surface area contributed by atoms with Gasteiger partial charge < -0.3 is 10.0 Å². The number of carboxylic acid groups (broad SMARTS) is 1. The third-order valence-electron chi connectivity index (χ3n) is 2.11. The summed E-state index contributed by atoms with van der Waals surface area (Å²) in [4.78, 5) is 23.1. The monoisotopic (exact) mass is 253 g/mol. The van der Waals surface area contributed by atoms with Crippen molar-refractivity contribution < 1.29 is 14.7 Å². The van der Waals surface area contributed by atoms with Crippen molar-refractivity contribution >= 4 is 23.5 Å². The van der Waals surface area contributed by atoms with Crippen molar-refractivity contribution in [2.75, 3.05) is 7.05 Å². The lowest BCUT2D eigenvalue weighted by Gasteiger charge is -2.15. The first-order valence-corrected chi connectivity index (χ1v) is 5.28. The number of carbonyl (C=O) groups excluding carboxylic acids is 1. The molecule has 0 radical (unpaired) electrons. The highest BCUT2D eigenvalue weighted by molar-refractivity contribution is 6.31. The molecule has 0 aliphatic heterocycles. The minimum atomic E-state index is -1.15. The van der Waals surface area contributed by atoms with Gasteiger partial charge in [0.1, 0.15) is 0 Å². The van der Waals surface area contributed by atoms with Crippen molar-refractivity contribution in [1.29, 1.82) is 0 Å². The van der Waals surface area contributed by atoms with Crippen LogP contribution in [0.5, 0.6) is 0 Å². The van der Waals surface area contributed by atoms with Crippen LogP contribution < -0.4 is 0 Å². The number of hydrogen-bond donors (Lipinski definition) is 1. The van der Waals surface area contributed by atoms with E-state index in [9.17, 15) is 9.59 Å². The first-order chi connectivity index (χ1) is 8.00. The Morgan fingerprint density at radius 3 is 2.59 bits per heavy atom. The first-order valence-electron chi connectivity index (χ1n) is 4.90. The van der Waals surface area contributed by atoms with Gasteiger partial charge in [0.15, 0.2) is 0 Å². The van der Waals surface area contributed by atoms with Crippen LogP contribution >= 0.6 is 11.6 Å². The van der Waals surface area contributed by atoms with Crippen molar-refractivity contribution in [2.45, 2.75) is 6.54 Å². The quantitative estimate of drug-likeness (QED) is 0.835. The third kappa shape index (κ3) is 4.28. The normalized spacial score (nSPS) is 10.5. The molecule has 17 heavy (non-hydrogen) atoms. The number of carboxylic acids is 1. The van der Waals surface area contributed by atoms with E-state index in [4.69, 9.17) is 16.7 Å². The highest BCUT2D eigenvalue weighted by Crippen LogP contribution is 2.16. The summed E-state index contributed by atoms with van der Waals surface area (Å²) in [5.74, 6) is -1.53. The highest BCUT2D eigenvalue weighted by atomic mass is 35.5. The predicted octanol–water partition coefficient (Wildman–Crippen LogP) is 1.94. The molecule has 0 unspecified atom stereocenters. The minimum Gasteiger partial charge on any atom is -0.478 e. The topological polar surface area (TPSA) is 57.6 Å². The van der Waals surface area contributed by atoms with Gasteiger partial charge in [-0.1, -0.05) is 29.8 Å². The van der Waals surface area contributed by atoms with Crippen molar-refractivity contribution in [3.05, 3.63) is 47.0 Å². The molecule has 0 aromatic heterocycles. The summed E-state index contributed by atoms with van der Waals surface area (Å²) in [6, 6.07) is 7.18. The summed E-state index contributed by atoms with van der Waals surface area (Å²) in [7, 11) is 1.58. The van der Waals surface area contributed by atoms with E-state index >= 15 is 0 Å². The predicted molar refractivity (Wildman–Crippen MR) is 64.7 cm³/mol. The van der Waals surface area contributed by atoms with Gasteiger partial charge in [0.25, 0.3) is 0 Å². The molecule has 1 aromatic carbocycles. The van der Waals surface area contributed by atoms with Gasteiger partial charge in [0, 0.05) is 30.8 Å². The molecule has 0 atom stereocenters. The lowest BCUT2D eigenvalue weighted by molar-refractivity contribution is -0.132. The number of nitrogens with zero attached hydrogens (tertiary/aromatic N) is 1. The lowest BCUT2D eigenvalue weighted by atomic mass is 10.2. The molecule has 0 aliphatic rings. The van der Waals surface area contributed by atoms with Gasteiger partial charge in [-0.05, 0) is 11.6 Å². The van der Waals surface area contributed by atoms with Gasteiger partial charge in [-0.3, -0.25) is 4.79 Å². The number of aliphatic carboxylic acids is 1. The van der Waals surface area contributed by atoms with Crippen LogP contribution in [-0.4, -0.2) is 28.9 Å². The summed E-state index contributed by atoms with van der Waals surface area (Å²) in [6.07, 6.45) is 1.82. The molecule has 0 saturated carbocycles. The molecule has 90 valence electrons. The fourth-order valence-electron chi connectivity index (χ4n) is 1.23. The van der Waals surface area contributed by atoms with Crippen molar-refractivity contribution in [3.63, 3.8) is 0 Å². The Labute approximate surface area is 104 Å². The zero-order chi connectivity index (χ0) is 12.8. The van der Waals surface area contributed by atoms with Crippen LogP contribution in [0.3, 0.4) is 0 Å². The number of halogens is 1. The van der Waals surface area contributed by atoms with Gasteiger partial charge in [0.05, 0.1) is 0 Å². The van der Waals surface area contributed by atoms with Gasteiger partial charge in [-0.25, -0.2) is 4.79 Å². The summed E-state index contributed by atoms with van der Waals surface area (Å²) in [6.45, 7) is 0.336. The number of benzene rings is 1. The molecule has 1 rings (SSSR count). The molecule has 0 aliphatic carbocycles. The van der Waals surface area contributed by atoms with Gasteiger partial charge in [0.2, 0.25) is 5.91 Å². The van der Waals surface area contributed by atoms with Crippen LogP contribution in [0.4, 0.5) is 0 Å². The molecule has 0 saturated heterocycles. The van der Waals surface area contributed by atoms with Crippen molar-refractivity contribution in [1.82, 2.24) is 4.90 Å². The Kier molecular flexibility index (Phi) is 4.72. The second-order valence-electron chi connectivity index (χ2n) is 3.46. The Morgan fingerprint density at radius 1 is 1.35 bits per heavy atom. The van der Waals surface area contributed by atoms with E-state index < -0.39 is 5.97 Å². The maximum Gasteiger partial charge on any atom is 0.328 e. The molecular weight excluding hydrogens is 242 g/mol. The molecule has 1 amide bonds. The first kappa shape index (κ1) is 13.3. The van der Waals surface area contributed by atoms with Gasteiger partial charge in [-0.2, -0.15) is 0 Å². The molecule has 1 aromatic rings. The van der Waals surface area contributed by atoms with Crippen molar-refractivity contribution in [2.24, 2.45) is 0 Å². The molecule has 0 bridgehead atoms. The highest BCUT2D eigenvalue weighted by Gasteiger charge is 2.08. The largest absolute Gasteiger partial charge is 0.478 e. The molecular formula is C12H12ClNO3. The Bertz CT molecular complexity index is 457. The summed E-state index contributed by atoms with van der Waals surface area (Å²) in [5, 5.41) is 8.98. The van der Waals surface area contributed by atoms with E-state index in [2.05, 4.69) is 0 Å². The van der Waals surface area contributed by atoms with E-state index in [1.165, 1.54) is 4.90 Å². The number of likely N-dealkylation sites (N-methyl/N-ethyl adjacent to an activating group) is 1. The fourth-order valence-corrected chi connectivity index (χ4v) is 1.43. The number of carbonyl (C=O) groups is 2. The average molecular weight is 254 g/mol. The van der Waals surface area contributed by atoms with Crippen molar-refractivity contribution in [3.8, 4) is 0 Å². The standard InChI is InChI=1S/C12H12ClNO3/c1-14(11(15)6-7-12(16)17)8-9-4-2-3-5-10(9)13/h2-7H,8H2,1H3,(H,16,17)/b7-6+. The zero-order valence-electron chi connectivity index (χ0n) is 9.26. The number of hydrogen-bond acceptors (Lipinski definition) is 2. The molecule has 0 heterocycles. The van der Waals surface area contributed by atoms with E-state index in [0.717, 1.165) is 17.7 Å². The van der Waals surface area contributed by atoms with E-state index in [0.29, 0.717) is 11.6 Å². The van der Waals surface area contributed by atoms with Gasteiger partial charge >= 0.3 is 5.97 Å². The number of rotatable bonds is 4. The maximum absolute atomic E-state index is 11.5. The van der Waals surface area contributed by atoms with Crippen LogP contribution in [0.1, 0.15) is 5.56 Å². The smallest absolute Gasteiger partial charge is 0.328 e. The zero-order valence-corrected chi connectivity index (χ0v) is 10.0. The van der Waals surface area contributed by atoms with E-state index in [-0.39, 0.29) is 5.91 Å². The Hall–Kier alpha value is -1.81. The minimum absolute atomic E-state index is 0.336. The van der Waals surface area contributed by atoms with E-state index in [1.807, 2.05) is 12.1 Å². The van der Waals surface area contributed by atoms with Crippen LogP contribution in [0.2, 0.25) is 5.02 Å². The summed E-state index contributed by atoms with van der Waals surface area (Å²) >= 11 is 5.95. The fraction of sp³-hybridized carbons (Fsp3) is 0.167. The summed E-state index contributed by atoms with van der Waals surface area (Å²) < 4.78 is 0.